The van der Waals surface area contributed by atoms with Crippen molar-refractivity contribution in [2.75, 3.05) is 20.2 Å². The van der Waals surface area contributed by atoms with Crippen LogP contribution >= 0.6 is 23.2 Å². The van der Waals surface area contributed by atoms with Crippen molar-refractivity contribution in [1.82, 2.24) is 9.62 Å². The van der Waals surface area contributed by atoms with Crippen LogP contribution in [0.5, 0.6) is 5.75 Å². The van der Waals surface area contributed by atoms with Gasteiger partial charge in [-0.1, -0.05) is 47.5 Å². The van der Waals surface area contributed by atoms with E-state index in [1.54, 1.807) is 19.2 Å². The number of rotatable bonds is 7. The Labute approximate surface area is 187 Å². The summed E-state index contributed by atoms with van der Waals surface area (Å²) in [5.74, 6) is 0.247. The van der Waals surface area contributed by atoms with E-state index in [-0.39, 0.29) is 17.6 Å². The highest BCUT2D eigenvalue weighted by Crippen LogP contribution is 2.26. The third kappa shape index (κ3) is 5.66. The summed E-state index contributed by atoms with van der Waals surface area (Å²) >= 11 is 12.0. The molecule has 0 spiro atoms. The molecule has 1 fully saturated rings. The van der Waals surface area contributed by atoms with Gasteiger partial charge >= 0.3 is 0 Å². The second-order valence-electron chi connectivity index (χ2n) is 7.19. The molecule has 1 aliphatic rings. The molecule has 1 N–H and O–H groups in total. The van der Waals surface area contributed by atoms with Gasteiger partial charge in [-0.3, -0.25) is 4.79 Å². The van der Waals surface area contributed by atoms with Gasteiger partial charge in [0.05, 0.1) is 12.9 Å². The van der Waals surface area contributed by atoms with Crippen molar-refractivity contribution in [2.45, 2.75) is 25.1 Å². The van der Waals surface area contributed by atoms with Crippen molar-refractivity contribution in [2.24, 2.45) is 5.92 Å². The zero-order chi connectivity index (χ0) is 21.7. The first-order valence-electron chi connectivity index (χ1n) is 9.61. The number of sulfonamides is 1. The van der Waals surface area contributed by atoms with Gasteiger partial charge in [-0.05, 0) is 36.6 Å². The van der Waals surface area contributed by atoms with Crippen LogP contribution in [0.2, 0.25) is 10.0 Å². The van der Waals surface area contributed by atoms with E-state index in [1.807, 2.05) is 24.3 Å². The van der Waals surface area contributed by atoms with E-state index >= 15 is 0 Å². The molecule has 0 saturated carbocycles. The molecule has 0 aliphatic carbocycles. The number of nitrogens with zero attached hydrogens (tertiary/aromatic N) is 1. The van der Waals surface area contributed by atoms with Crippen LogP contribution in [0, 0.1) is 5.92 Å². The Bertz CT molecular complexity index is 1010. The molecule has 3 rings (SSSR count). The summed E-state index contributed by atoms with van der Waals surface area (Å²) in [5.41, 5.74) is 1.41. The summed E-state index contributed by atoms with van der Waals surface area (Å²) in [7, 11) is -1.94. The molecule has 0 unspecified atom stereocenters. The zero-order valence-electron chi connectivity index (χ0n) is 16.6. The third-order valence-corrected chi connectivity index (χ3v) is 7.63. The first-order chi connectivity index (χ1) is 14.3. The van der Waals surface area contributed by atoms with Gasteiger partial charge in [-0.2, -0.15) is 0 Å². The summed E-state index contributed by atoms with van der Waals surface area (Å²) in [4.78, 5) is 12.5. The second-order valence-corrected chi connectivity index (χ2v) is 10.0. The number of ether oxygens (including phenoxy) is 1. The van der Waals surface area contributed by atoms with Crippen LogP contribution in [0.25, 0.3) is 0 Å². The maximum atomic E-state index is 12.8. The molecule has 162 valence electrons. The van der Waals surface area contributed by atoms with Crippen LogP contribution in [0.15, 0.2) is 42.5 Å². The van der Waals surface area contributed by atoms with Crippen molar-refractivity contribution in [1.29, 1.82) is 0 Å². The van der Waals surface area contributed by atoms with Crippen LogP contribution < -0.4 is 10.1 Å². The van der Waals surface area contributed by atoms with E-state index in [4.69, 9.17) is 27.9 Å². The molecule has 2 aromatic carbocycles. The molecular formula is C21H24Cl2N2O4S. The Kier molecular flexibility index (Phi) is 7.63. The molecule has 30 heavy (non-hydrogen) atoms. The van der Waals surface area contributed by atoms with Gasteiger partial charge in [-0.25, -0.2) is 12.7 Å². The molecule has 1 heterocycles. The highest BCUT2D eigenvalue weighted by molar-refractivity contribution is 7.88. The smallest absolute Gasteiger partial charge is 0.223 e. The Balaban J connectivity index is 1.54. The molecule has 0 aromatic heterocycles. The van der Waals surface area contributed by atoms with Gasteiger partial charge in [0.25, 0.3) is 0 Å². The van der Waals surface area contributed by atoms with Gasteiger partial charge in [0.2, 0.25) is 15.9 Å². The monoisotopic (exact) mass is 470 g/mol. The maximum Gasteiger partial charge on any atom is 0.223 e. The van der Waals surface area contributed by atoms with Crippen molar-refractivity contribution in [3.63, 3.8) is 0 Å². The Hall–Kier alpha value is -1.80. The highest BCUT2D eigenvalue weighted by Gasteiger charge is 2.31. The zero-order valence-corrected chi connectivity index (χ0v) is 18.9. The van der Waals surface area contributed by atoms with Gasteiger partial charge in [-0.15, -0.1) is 0 Å². The van der Waals surface area contributed by atoms with Gasteiger partial charge in [0.15, 0.2) is 0 Å². The number of amides is 1. The number of nitrogens with one attached hydrogen (secondary N) is 1. The van der Waals surface area contributed by atoms with Crippen LogP contribution in [0.4, 0.5) is 0 Å². The van der Waals surface area contributed by atoms with E-state index in [2.05, 4.69) is 5.32 Å². The van der Waals surface area contributed by atoms with Crippen LogP contribution in [-0.4, -0.2) is 38.8 Å². The molecule has 1 saturated heterocycles. The topological polar surface area (TPSA) is 75.7 Å². The van der Waals surface area contributed by atoms with E-state index < -0.39 is 10.0 Å². The number of halogens is 2. The molecule has 9 heteroatoms. The summed E-state index contributed by atoms with van der Waals surface area (Å²) in [5, 5.41) is 3.72. The maximum absolute atomic E-state index is 12.8. The fourth-order valence-electron chi connectivity index (χ4n) is 3.50. The quantitative estimate of drug-likeness (QED) is 0.666. The lowest BCUT2D eigenvalue weighted by Gasteiger charge is -2.30. The van der Waals surface area contributed by atoms with E-state index in [9.17, 15) is 13.2 Å². The van der Waals surface area contributed by atoms with E-state index in [1.165, 1.54) is 10.4 Å². The average Bonchev–Trinajstić information content (AvgIpc) is 2.74. The molecule has 1 amide bonds. The number of hydrogen-bond acceptors (Lipinski definition) is 4. The Morgan fingerprint density at radius 2 is 1.83 bits per heavy atom. The Morgan fingerprint density at radius 1 is 1.13 bits per heavy atom. The second kappa shape index (κ2) is 10.0. The number of carbonyl (C=O) groups is 1. The van der Waals surface area contributed by atoms with Crippen molar-refractivity contribution in [3.8, 4) is 5.75 Å². The minimum atomic E-state index is -3.53. The number of hydrogen-bond donors (Lipinski definition) is 1. The summed E-state index contributed by atoms with van der Waals surface area (Å²) < 4.78 is 32.3. The number of methoxy groups -OCH3 is 1. The van der Waals surface area contributed by atoms with Crippen molar-refractivity contribution < 1.29 is 17.9 Å². The number of para-hydroxylation sites is 1. The predicted octanol–water partition coefficient (Wildman–Crippen LogP) is 3.86. The number of benzene rings is 2. The minimum Gasteiger partial charge on any atom is -0.496 e. The molecule has 0 atom stereocenters. The van der Waals surface area contributed by atoms with Gasteiger partial charge < -0.3 is 10.1 Å². The fourth-order valence-corrected chi connectivity index (χ4v) is 5.65. The SMILES string of the molecule is COc1ccccc1CNC(=O)C1CCN(S(=O)(=O)Cc2ccc(Cl)cc2Cl)CC1. The van der Waals surface area contributed by atoms with E-state index in [0.717, 1.165) is 11.3 Å². The predicted molar refractivity (Wildman–Crippen MR) is 118 cm³/mol. The summed E-state index contributed by atoms with van der Waals surface area (Å²) in [6.45, 7) is 0.983. The lowest BCUT2D eigenvalue weighted by atomic mass is 9.97. The number of piperidine rings is 1. The largest absolute Gasteiger partial charge is 0.496 e. The fraction of sp³-hybridized carbons (Fsp3) is 0.381. The van der Waals surface area contributed by atoms with Crippen LogP contribution in [0.3, 0.4) is 0 Å². The van der Waals surface area contributed by atoms with Crippen LogP contribution in [-0.2, 0) is 27.1 Å². The highest BCUT2D eigenvalue weighted by atomic mass is 35.5. The minimum absolute atomic E-state index is 0.0706. The molecule has 0 bridgehead atoms. The normalized spacial score (nSPS) is 15.7. The van der Waals surface area contributed by atoms with Crippen molar-refractivity contribution in [3.05, 3.63) is 63.6 Å². The molecule has 0 radical (unpaired) electrons. The molecular weight excluding hydrogens is 447 g/mol. The third-order valence-electron chi connectivity index (χ3n) is 5.22. The van der Waals surface area contributed by atoms with Gasteiger partial charge in [0.1, 0.15) is 5.75 Å². The molecule has 1 aliphatic heterocycles. The Morgan fingerprint density at radius 3 is 2.50 bits per heavy atom. The molecule has 6 nitrogen and oxygen atoms in total. The standard InChI is InChI=1S/C21H24Cl2N2O4S/c1-29-20-5-3-2-4-16(20)13-24-21(26)15-8-10-25(11-9-15)30(27,28)14-17-6-7-18(22)12-19(17)23/h2-7,12,15H,8-11,13-14H2,1H3,(H,24,26). The average molecular weight is 471 g/mol. The van der Waals surface area contributed by atoms with Crippen LogP contribution in [0.1, 0.15) is 24.0 Å². The lowest BCUT2D eigenvalue weighted by molar-refractivity contribution is -0.126. The van der Waals surface area contributed by atoms with Gasteiger partial charge in [0, 0.05) is 41.2 Å². The van der Waals surface area contributed by atoms with E-state index in [0.29, 0.717) is 48.1 Å². The first kappa shape index (κ1) is 22.9. The number of carbonyl (C=O) groups excluding carboxylic acids is 1. The molecule has 2 aromatic rings. The first-order valence-corrected chi connectivity index (χ1v) is 12.0. The summed E-state index contributed by atoms with van der Waals surface area (Å²) in [6.07, 6.45) is 0.955. The van der Waals surface area contributed by atoms with Crippen molar-refractivity contribution >= 4 is 39.1 Å². The summed E-state index contributed by atoms with van der Waals surface area (Å²) in [6, 6.07) is 12.3. The lowest BCUT2D eigenvalue weighted by Crippen LogP contribution is -2.43.